The van der Waals surface area contributed by atoms with Gasteiger partial charge in [0.15, 0.2) is 5.78 Å². The Kier molecular flexibility index (Phi) is 6.01. The molecule has 0 aliphatic heterocycles. The molecule has 4 heteroatoms. The van der Waals surface area contributed by atoms with Crippen LogP contribution in [0.15, 0.2) is 48.5 Å². The van der Waals surface area contributed by atoms with Crippen LogP contribution < -0.4 is 0 Å². The van der Waals surface area contributed by atoms with Crippen molar-refractivity contribution in [2.75, 3.05) is 20.6 Å². The van der Waals surface area contributed by atoms with Gasteiger partial charge in [-0.05, 0) is 44.3 Å². The smallest absolute Gasteiger partial charge is 0.169 e. The van der Waals surface area contributed by atoms with Crippen molar-refractivity contribution in [3.63, 3.8) is 0 Å². The minimum Gasteiger partial charge on any atom is -0.309 e. The summed E-state index contributed by atoms with van der Waals surface area (Å²) < 4.78 is 0. The average Bonchev–Trinajstić information content (AvgIpc) is 2.49. The maximum atomic E-state index is 12.9. The first-order chi connectivity index (χ1) is 10.5. The summed E-state index contributed by atoms with van der Waals surface area (Å²) in [7, 11) is 3.93. The van der Waals surface area contributed by atoms with Crippen LogP contribution in [0.4, 0.5) is 0 Å². The van der Waals surface area contributed by atoms with E-state index in [4.69, 9.17) is 23.2 Å². The summed E-state index contributed by atoms with van der Waals surface area (Å²) in [4.78, 5) is 14.9. The fourth-order valence-corrected chi connectivity index (χ4v) is 2.87. The van der Waals surface area contributed by atoms with Gasteiger partial charge in [-0.2, -0.15) is 0 Å². The summed E-state index contributed by atoms with van der Waals surface area (Å²) >= 11 is 12.2. The van der Waals surface area contributed by atoms with Crippen LogP contribution >= 0.6 is 23.2 Å². The molecule has 0 N–H and O–H groups in total. The number of carbonyl (C=O) groups excluding carboxylic acids is 1. The number of rotatable bonds is 6. The molecule has 0 spiro atoms. The molecular weight excluding hydrogens is 317 g/mol. The largest absolute Gasteiger partial charge is 0.309 e. The standard InChI is InChI=1S/C18H19Cl2NO/c1-21(2)12-14(10-13-6-4-3-5-7-13)18(22)16-11-15(19)8-9-17(16)20/h3-9,11,14H,10,12H2,1-2H3/t14-/m0/s1. The molecular formula is C18H19Cl2NO. The Morgan fingerprint density at radius 2 is 1.77 bits per heavy atom. The predicted molar refractivity (Wildman–Crippen MR) is 93.0 cm³/mol. The minimum atomic E-state index is -0.159. The van der Waals surface area contributed by atoms with Gasteiger partial charge < -0.3 is 4.90 Å². The van der Waals surface area contributed by atoms with Gasteiger partial charge in [-0.3, -0.25) is 4.79 Å². The van der Waals surface area contributed by atoms with Crippen molar-refractivity contribution in [2.45, 2.75) is 6.42 Å². The van der Waals surface area contributed by atoms with Crippen molar-refractivity contribution in [3.05, 3.63) is 69.7 Å². The fourth-order valence-electron chi connectivity index (χ4n) is 2.49. The lowest BCUT2D eigenvalue weighted by Gasteiger charge is -2.21. The second-order valence-corrected chi connectivity index (χ2v) is 6.48. The lowest BCUT2D eigenvalue weighted by Crippen LogP contribution is -2.30. The van der Waals surface area contributed by atoms with E-state index < -0.39 is 0 Å². The van der Waals surface area contributed by atoms with Gasteiger partial charge in [0.2, 0.25) is 0 Å². The SMILES string of the molecule is CN(C)C[C@H](Cc1ccccc1)C(=O)c1cc(Cl)ccc1Cl. The number of hydrogen-bond donors (Lipinski definition) is 0. The van der Waals surface area contributed by atoms with Crippen molar-refractivity contribution < 1.29 is 4.79 Å². The topological polar surface area (TPSA) is 20.3 Å². The van der Waals surface area contributed by atoms with Gasteiger partial charge in [0, 0.05) is 23.0 Å². The third-order valence-electron chi connectivity index (χ3n) is 3.48. The minimum absolute atomic E-state index is 0.0325. The van der Waals surface area contributed by atoms with E-state index in [9.17, 15) is 4.79 Å². The summed E-state index contributed by atoms with van der Waals surface area (Å²) in [5.41, 5.74) is 1.64. The zero-order valence-electron chi connectivity index (χ0n) is 12.7. The van der Waals surface area contributed by atoms with E-state index in [2.05, 4.69) is 0 Å². The lowest BCUT2D eigenvalue weighted by molar-refractivity contribution is 0.0897. The Hall–Kier alpha value is -1.35. The zero-order chi connectivity index (χ0) is 16.1. The molecule has 2 rings (SSSR count). The molecule has 2 aromatic carbocycles. The molecule has 0 unspecified atom stereocenters. The summed E-state index contributed by atoms with van der Waals surface area (Å²) in [5.74, 6) is -0.126. The molecule has 0 bridgehead atoms. The number of carbonyl (C=O) groups is 1. The van der Waals surface area contributed by atoms with E-state index >= 15 is 0 Å². The fraction of sp³-hybridized carbons (Fsp3) is 0.278. The van der Waals surface area contributed by atoms with Crippen LogP contribution in [-0.2, 0) is 6.42 Å². The molecule has 0 saturated heterocycles. The molecule has 2 nitrogen and oxygen atoms in total. The number of Topliss-reactive ketones (excluding diaryl/α,β-unsaturated/α-hetero) is 1. The molecule has 0 aromatic heterocycles. The van der Waals surface area contributed by atoms with E-state index in [1.807, 2.05) is 49.3 Å². The van der Waals surface area contributed by atoms with Crippen LogP contribution in [0, 0.1) is 5.92 Å². The van der Waals surface area contributed by atoms with Crippen LogP contribution in [0.25, 0.3) is 0 Å². The second-order valence-electron chi connectivity index (χ2n) is 5.64. The van der Waals surface area contributed by atoms with Crippen molar-refractivity contribution in [1.82, 2.24) is 4.90 Å². The predicted octanol–water partition coefficient (Wildman–Crippen LogP) is 4.60. The molecule has 116 valence electrons. The van der Waals surface area contributed by atoms with Gasteiger partial charge >= 0.3 is 0 Å². The molecule has 0 radical (unpaired) electrons. The van der Waals surface area contributed by atoms with Crippen molar-refractivity contribution in [3.8, 4) is 0 Å². The summed E-state index contributed by atoms with van der Waals surface area (Å²) in [5, 5.41) is 0.974. The number of ketones is 1. The normalized spacial score (nSPS) is 12.4. The van der Waals surface area contributed by atoms with E-state index in [1.165, 1.54) is 0 Å². The van der Waals surface area contributed by atoms with E-state index in [-0.39, 0.29) is 11.7 Å². The Morgan fingerprint density at radius 3 is 2.41 bits per heavy atom. The quantitative estimate of drug-likeness (QED) is 0.719. The van der Waals surface area contributed by atoms with E-state index in [1.54, 1.807) is 18.2 Å². The molecule has 1 atom stereocenters. The summed E-state index contributed by atoms with van der Waals surface area (Å²) in [6, 6.07) is 15.0. The highest BCUT2D eigenvalue weighted by atomic mass is 35.5. The van der Waals surface area contributed by atoms with Gasteiger partial charge in [-0.25, -0.2) is 0 Å². The maximum absolute atomic E-state index is 12.9. The highest BCUT2D eigenvalue weighted by Gasteiger charge is 2.23. The van der Waals surface area contributed by atoms with Crippen molar-refractivity contribution >= 4 is 29.0 Å². The van der Waals surface area contributed by atoms with Crippen LogP contribution in [0.1, 0.15) is 15.9 Å². The molecule has 0 fully saturated rings. The highest BCUT2D eigenvalue weighted by Crippen LogP contribution is 2.25. The number of nitrogens with zero attached hydrogens (tertiary/aromatic N) is 1. The molecule has 0 heterocycles. The summed E-state index contributed by atoms with van der Waals surface area (Å²) in [6.45, 7) is 0.663. The number of hydrogen-bond acceptors (Lipinski definition) is 2. The molecule has 0 saturated carbocycles. The molecule has 2 aromatic rings. The second kappa shape index (κ2) is 7.77. The Morgan fingerprint density at radius 1 is 1.09 bits per heavy atom. The zero-order valence-corrected chi connectivity index (χ0v) is 14.2. The van der Waals surface area contributed by atoms with Gasteiger partial charge in [-0.1, -0.05) is 53.5 Å². The first kappa shape index (κ1) is 17.0. The van der Waals surface area contributed by atoms with Gasteiger partial charge in [-0.15, -0.1) is 0 Å². The average molecular weight is 336 g/mol. The van der Waals surface area contributed by atoms with E-state index in [0.717, 1.165) is 5.56 Å². The third kappa shape index (κ3) is 4.57. The molecule has 0 amide bonds. The number of benzene rings is 2. The highest BCUT2D eigenvalue weighted by molar-refractivity contribution is 6.36. The van der Waals surface area contributed by atoms with Gasteiger partial charge in [0.25, 0.3) is 0 Å². The lowest BCUT2D eigenvalue weighted by atomic mass is 9.91. The van der Waals surface area contributed by atoms with Gasteiger partial charge in [0.05, 0.1) is 5.02 Å². The summed E-state index contributed by atoms with van der Waals surface area (Å²) in [6.07, 6.45) is 0.681. The van der Waals surface area contributed by atoms with Crippen LogP contribution in [0.2, 0.25) is 10.0 Å². The van der Waals surface area contributed by atoms with E-state index in [0.29, 0.717) is 28.6 Å². The maximum Gasteiger partial charge on any atom is 0.169 e. The number of halogens is 2. The first-order valence-corrected chi connectivity index (χ1v) is 7.91. The molecule has 0 aliphatic rings. The molecule has 22 heavy (non-hydrogen) atoms. The van der Waals surface area contributed by atoms with Crippen molar-refractivity contribution in [2.24, 2.45) is 5.92 Å². The monoisotopic (exact) mass is 335 g/mol. The third-order valence-corrected chi connectivity index (χ3v) is 4.04. The van der Waals surface area contributed by atoms with Gasteiger partial charge in [0.1, 0.15) is 0 Å². The van der Waals surface area contributed by atoms with Crippen LogP contribution in [-0.4, -0.2) is 31.3 Å². The first-order valence-electron chi connectivity index (χ1n) is 7.15. The Bertz CT molecular complexity index is 641. The Labute approximate surface area is 141 Å². The Balaban J connectivity index is 2.28. The molecule has 0 aliphatic carbocycles. The van der Waals surface area contributed by atoms with Crippen LogP contribution in [0.3, 0.4) is 0 Å². The van der Waals surface area contributed by atoms with Crippen molar-refractivity contribution in [1.29, 1.82) is 0 Å². The van der Waals surface area contributed by atoms with Crippen LogP contribution in [0.5, 0.6) is 0 Å².